The number of piperidine rings is 1. The summed E-state index contributed by atoms with van der Waals surface area (Å²) in [4.78, 5) is 6.89. The van der Waals surface area contributed by atoms with Crippen LogP contribution >= 0.6 is 11.3 Å². The number of aromatic nitrogens is 1. The second-order valence-electron chi connectivity index (χ2n) is 9.47. The van der Waals surface area contributed by atoms with Crippen LogP contribution < -0.4 is 14.9 Å². The van der Waals surface area contributed by atoms with Gasteiger partial charge in [-0.25, -0.2) is 13.4 Å². The molecule has 2 N–H and O–H groups in total. The molecule has 2 bridgehead atoms. The summed E-state index contributed by atoms with van der Waals surface area (Å²) in [5, 5.41) is 3.65. The zero-order valence-corrected chi connectivity index (χ0v) is 20.9. The van der Waals surface area contributed by atoms with Crippen molar-refractivity contribution in [3.63, 3.8) is 0 Å². The second-order valence-corrected chi connectivity index (χ2v) is 12.6. The van der Waals surface area contributed by atoms with Crippen molar-refractivity contribution < 1.29 is 12.8 Å². The van der Waals surface area contributed by atoms with E-state index in [0.717, 1.165) is 42.9 Å². The fourth-order valence-corrected chi connectivity index (χ4v) is 8.38. The van der Waals surface area contributed by atoms with Gasteiger partial charge in [-0.15, -0.1) is 11.3 Å². The molecule has 0 radical (unpaired) electrons. The van der Waals surface area contributed by atoms with Crippen LogP contribution in [0.1, 0.15) is 23.3 Å². The van der Waals surface area contributed by atoms with Crippen molar-refractivity contribution in [3.8, 4) is 0 Å². The monoisotopic (exact) mass is 500 g/mol. The van der Waals surface area contributed by atoms with Gasteiger partial charge in [0.05, 0.1) is 5.69 Å². The van der Waals surface area contributed by atoms with E-state index in [4.69, 9.17) is 0 Å². The Bertz CT molecular complexity index is 1280. The highest BCUT2D eigenvalue weighted by atomic mass is 32.2. The smallest absolute Gasteiger partial charge is 0.272 e. The van der Waals surface area contributed by atoms with Crippen molar-refractivity contribution in [1.29, 1.82) is 0 Å². The molecular weight excluding hydrogens is 471 g/mol. The lowest BCUT2D eigenvalue weighted by atomic mass is 9.73. The van der Waals surface area contributed by atoms with E-state index in [1.54, 1.807) is 6.07 Å². The van der Waals surface area contributed by atoms with Gasteiger partial charge in [-0.05, 0) is 62.4 Å². The maximum atomic E-state index is 13.4. The maximum absolute atomic E-state index is 13.4. The van der Waals surface area contributed by atoms with E-state index in [-0.39, 0.29) is 15.4 Å². The molecule has 3 aromatic rings. The van der Waals surface area contributed by atoms with Crippen molar-refractivity contribution >= 4 is 32.9 Å². The van der Waals surface area contributed by atoms with E-state index in [1.165, 1.54) is 35.1 Å². The van der Waals surface area contributed by atoms with Crippen molar-refractivity contribution in [2.45, 2.75) is 36.4 Å². The van der Waals surface area contributed by atoms with E-state index in [9.17, 15) is 12.8 Å². The third-order valence-corrected chi connectivity index (χ3v) is 10.1. The van der Waals surface area contributed by atoms with E-state index < -0.39 is 16.0 Å². The summed E-state index contributed by atoms with van der Waals surface area (Å²) in [6, 6.07) is 16.7. The van der Waals surface area contributed by atoms with Crippen molar-refractivity contribution in [2.24, 2.45) is 11.3 Å². The molecule has 0 unspecified atom stereocenters. The van der Waals surface area contributed by atoms with Crippen LogP contribution in [0.25, 0.3) is 0 Å². The number of fused-ring (bicyclic) bond motifs is 2. The Balaban J connectivity index is 1.43. The summed E-state index contributed by atoms with van der Waals surface area (Å²) in [6.45, 7) is 3.89. The van der Waals surface area contributed by atoms with Crippen LogP contribution in [0.15, 0.2) is 58.8 Å². The van der Waals surface area contributed by atoms with Crippen LogP contribution in [0.4, 0.5) is 15.9 Å². The summed E-state index contributed by atoms with van der Waals surface area (Å²) in [5.74, 6) is -0.247. The van der Waals surface area contributed by atoms with Gasteiger partial charge in [-0.2, -0.15) is 4.39 Å². The minimum Gasteiger partial charge on any atom is -0.370 e. The van der Waals surface area contributed by atoms with Gasteiger partial charge in [0.25, 0.3) is 10.0 Å². The van der Waals surface area contributed by atoms with E-state index in [1.807, 2.05) is 13.0 Å². The SMILES string of the molecule is Cc1sc(S(=O)(=O)Nc2cccc(F)n2)cc1N(C)[C@@H]1[C@H]2CC[C@@]1(Cc1ccccc1)CNC2. The Kier molecular flexibility index (Phi) is 6.12. The molecule has 6 nitrogen and oxygen atoms in total. The largest absolute Gasteiger partial charge is 0.370 e. The van der Waals surface area contributed by atoms with Crippen molar-refractivity contribution in [3.05, 3.63) is 71.0 Å². The van der Waals surface area contributed by atoms with Gasteiger partial charge in [0.2, 0.25) is 5.95 Å². The topological polar surface area (TPSA) is 74.3 Å². The standard InChI is InChI=1S/C25H29FN4O2S2/c1-17-20(13-23(33-17)34(31,32)29-22-10-6-9-21(26)28-22)30(2)24-19-11-12-25(24,16-27-15-19)14-18-7-4-3-5-8-18/h3-10,13,19,24,27H,11-12,14-16H2,1-2H3,(H,28,29)/t19-,24+,25+/m0/s1. The van der Waals surface area contributed by atoms with Gasteiger partial charge >= 0.3 is 0 Å². The third kappa shape index (κ3) is 4.32. The molecule has 1 saturated carbocycles. The minimum absolute atomic E-state index is 0.0285. The summed E-state index contributed by atoms with van der Waals surface area (Å²) < 4.78 is 42.1. The Hall–Kier alpha value is -2.49. The Morgan fingerprint density at radius 3 is 2.79 bits per heavy atom. The van der Waals surface area contributed by atoms with Gasteiger partial charge in [0.1, 0.15) is 10.0 Å². The first-order chi connectivity index (χ1) is 16.3. The van der Waals surface area contributed by atoms with Crippen LogP contribution in [0.5, 0.6) is 0 Å². The molecule has 9 heteroatoms. The van der Waals surface area contributed by atoms with Crippen LogP contribution in [-0.2, 0) is 16.4 Å². The minimum atomic E-state index is -3.87. The normalized spacial score (nSPS) is 24.2. The predicted molar refractivity (Wildman–Crippen MR) is 134 cm³/mol. The maximum Gasteiger partial charge on any atom is 0.272 e. The molecule has 0 spiro atoms. The van der Waals surface area contributed by atoms with Gasteiger partial charge in [-0.1, -0.05) is 36.4 Å². The number of thiophene rings is 1. The zero-order chi connectivity index (χ0) is 23.9. The number of halogens is 1. The van der Waals surface area contributed by atoms with E-state index >= 15 is 0 Å². The highest BCUT2D eigenvalue weighted by Crippen LogP contribution is 2.50. The van der Waals surface area contributed by atoms with Gasteiger partial charge < -0.3 is 10.2 Å². The second kappa shape index (κ2) is 8.94. The molecule has 0 amide bonds. The number of hydrogen-bond donors (Lipinski definition) is 2. The summed E-state index contributed by atoms with van der Waals surface area (Å²) >= 11 is 1.23. The molecule has 1 aromatic carbocycles. The average Bonchev–Trinajstić information content (AvgIpc) is 3.29. The highest BCUT2D eigenvalue weighted by molar-refractivity contribution is 7.94. The number of pyridine rings is 1. The fraction of sp³-hybridized carbons (Fsp3) is 0.400. The molecule has 2 aliphatic rings. The first-order valence-electron chi connectivity index (χ1n) is 11.5. The average molecular weight is 501 g/mol. The molecule has 3 heterocycles. The van der Waals surface area contributed by atoms with Crippen molar-refractivity contribution in [2.75, 3.05) is 29.8 Å². The van der Waals surface area contributed by atoms with Crippen LogP contribution in [0.3, 0.4) is 0 Å². The number of nitrogens with zero attached hydrogens (tertiary/aromatic N) is 2. The van der Waals surface area contributed by atoms with E-state index in [0.29, 0.717) is 12.0 Å². The van der Waals surface area contributed by atoms with Crippen LogP contribution in [0.2, 0.25) is 0 Å². The molecule has 1 aliphatic carbocycles. The van der Waals surface area contributed by atoms with Gasteiger partial charge in [-0.3, -0.25) is 4.72 Å². The highest BCUT2D eigenvalue weighted by Gasteiger charge is 2.52. The predicted octanol–water partition coefficient (Wildman–Crippen LogP) is 4.44. The number of aryl methyl sites for hydroxylation is 1. The lowest BCUT2D eigenvalue weighted by Crippen LogP contribution is -2.57. The molecule has 1 aliphatic heterocycles. The van der Waals surface area contributed by atoms with Crippen molar-refractivity contribution in [1.82, 2.24) is 10.3 Å². The summed E-state index contributed by atoms with van der Waals surface area (Å²) in [7, 11) is -1.77. The number of rotatable bonds is 7. The van der Waals surface area contributed by atoms with E-state index in [2.05, 4.69) is 51.2 Å². The summed E-state index contributed by atoms with van der Waals surface area (Å²) in [6.07, 6.45) is 3.30. The number of nitrogens with one attached hydrogen (secondary N) is 2. The third-order valence-electron chi connectivity index (χ3n) is 7.25. The first kappa shape index (κ1) is 23.3. The van der Waals surface area contributed by atoms with Gasteiger partial charge in [0.15, 0.2) is 0 Å². The number of benzene rings is 1. The number of anilines is 2. The molecular formula is C25H29FN4O2S2. The van der Waals surface area contributed by atoms with Gasteiger partial charge in [0, 0.05) is 29.9 Å². The van der Waals surface area contributed by atoms with Crippen LogP contribution in [0, 0.1) is 24.2 Å². The quantitative estimate of drug-likeness (QED) is 0.469. The zero-order valence-electron chi connectivity index (χ0n) is 19.3. The molecule has 3 atom stereocenters. The number of sulfonamides is 1. The first-order valence-corrected chi connectivity index (χ1v) is 13.8. The lowest BCUT2D eigenvalue weighted by molar-refractivity contribution is 0.183. The number of hydrogen-bond acceptors (Lipinski definition) is 6. The molecule has 5 rings (SSSR count). The Labute approximate surface area is 204 Å². The molecule has 2 aromatic heterocycles. The summed E-state index contributed by atoms with van der Waals surface area (Å²) in [5.41, 5.74) is 2.37. The lowest BCUT2D eigenvalue weighted by Gasteiger charge is -2.47. The fourth-order valence-electron chi connectivity index (χ4n) is 5.91. The molecule has 2 fully saturated rings. The molecule has 180 valence electrons. The Morgan fingerprint density at radius 2 is 2.03 bits per heavy atom. The molecule has 1 saturated heterocycles. The van der Waals surface area contributed by atoms with Crippen LogP contribution in [-0.4, -0.2) is 39.6 Å². The Morgan fingerprint density at radius 1 is 1.24 bits per heavy atom. The molecule has 34 heavy (non-hydrogen) atoms.